The highest BCUT2D eigenvalue weighted by Crippen LogP contribution is 2.40. The lowest BCUT2D eigenvalue weighted by Crippen LogP contribution is -2.40. The first-order valence-corrected chi connectivity index (χ1v) is 7.62. The molecule has 1 aliphatic rings. The monoisotopic (exact) mass is 313 g/mol. The maximum absolute atomic E-state index is 12.7. The van der Waals surface area contributed by atoms with E-state index in [2.05, 4.69) is 0 Å². The van der Waals surface area contributed by atoms with Gasteiger partial charge < -0.3 is 9.69 Å². The van der Waals surface area contributed by atoms with E-state index in [4.69, 9.17) is 11.6 Å². The van der Waals surface area contributed by atoms with Gasteiger partial charge in [0.15, 0.2) is 0 Å². The van der Waals surface area contributed by atoms with Crippen molar-refractivity contribution < 1.29 is 9.59 Å². The average Bonchev–Trinajstić information content (AvgIpc) is 2.50. The second-order valence-electron chi connectivity index (χ2n) is 5.44. The van der Waals surface area contributed by atoms with Crippen molar-refractivity contribution in [2.24, 2.45) is 0 Å². The Bertz CT molecular complexity index is 699. The van der Waals surface area contributed by atoms with Crippen LogP contribution >= 0.6 is 11.6 Å². The van der Waals surface area contributed by atoms with E-state index >= 15 is 0 Å². The summed E-state index contributed by atoms with van der Waals surface area (Å²) in [6, 6.07) is 15.3. The first-order valence-electron chi connectivity index (χ1n) is 7.24. The molecule has 0 bridgehead atoms. The number of nitrogens with zero attached hydrogens (tertiary/aromatic N) is 1. The van der Waals surface area contributed by atoms with Crippen LogP contribution in [0.25, 0.3) is 0 Å². The number of amides is 1. The second-order valence-corrected chi connectivity index (χ2v) is 5.84. The summed E-state index contributed by atoms with van der Waals surface area (Å²) in [6.07, 6.45) is 1.43. The summed E-state index contributed by atoms with van der Waals surface area (Å²) >= 11 is 6.12. The molecule has 0 N–H and O–H groups in total. The van der Waals surface area contributed by atoms with Crippen LogP contribution in [0.1, 0.15) is 22.6 Å². The second kappa shape index (κ2) is 6.32. The van der Waals surface area contributed by atoms with Crippen LogP contribution in [-0.4, -0.2) is 23.6 Å². The summed E-state index contributed by atoms with van der Waals surface area (Å²) in [4.78, 5) is 25.2. The highest BCUT2D eigenvalue weighted by Gasteiger charge is 2.36. The lowest BCUT2D eigenvalue weighted by molar-refractivity contribution is -0.135. The molecule has 0 radical (unpaired) electrons. The van der Waals surface area contributed by atoms with Gasteiger partial charge in [0.25, 0.3) is 0 Å². The van der Waals surface area contributed by atoms with E-state index < -0.39 is 0 Å². The molecule has 0 saturated heterocycles. The maximum atomic E-state index is 12.7. The van der Waals surface area contributed by atoms with E-state index in [1.807, 2.05) is 48.5 Å². The topological polar surface area (TPSA) is 37.4 Å². The van der Waals surface area contributed by atoms with Crippen molar-refractivity contribution in [2.75, 3.05) is 6.54 Å². The van der Waals surface area contributed by atoms with Crippen molar-refractivity contribution in [1.29, 1.82) is 0 Å². The molecular weight excluding hydrogens is 298 g/mol. The minimum absolute atomic E-state index is 0.00859. The summed E-state index contributed by atoms with van der Waals surface area (Å²) < 4.78 is 0. The number of carbonyl (C=O) groups excluding carboxylic acids is 2. The van der Waals surface area contributed by atoms with Crippen molar-refractivity contribution in [3.05, 3.63) is 70.2 Å². The Kier molecular flexibility index (Phi) is 4.25. The fraction of sp³-hybridized carbons (Fsp3) is 0.222. The fourth-order valence-electron chi connectivity index (χ4n) is 2.87. The molecule has 1 atom stereocenters. The predicted molar refractivity (Wildman–Crippen MR) is 85.8 cm³/mol. The van der Waals surface area contributed by atoms with E-state index in [1.165, 1.54) is 0 Å². The van der Waals surface area contributed by atoms with Crippen molar-refractivity contribution in [3.8, 4) is 0 Å². The minimum atomic E-state index is -0.183. The molecule has 0 saturated carbocycles. The van der Waals surface area contributed by atoms with Crippen LogP contribution in [-0.2, 0) is 22.6 Å². The SMILES string of the molecule is O=CCN(Cc1ccccc1)C(=O)C1Cc2c(Cl)cccc21. The van der Waals surface area contributed by atoms with Gasteiger partial charge in [0.2, 0.25) is 5.91 Å². The smallest absolute Gasteiger partial charge is 0.231 e. The van der Waals surface area contributed by atoms with Gasteiger partial charge in [0, 0.05) is 11.6 Å². The molecular formula is C18H16ClNO2. The molecule has 2 aromatic rings. The van der Waals surface area contributed by atoms with Crippen LogP contribution < -0.4 is 0 Å². The number of carbonyl (C=O) groups is 2. The van der Waals surface area contributed by atoms with Crippen molar-refractivity contribution in [3.63, 3.8) is 0 Å². The van der Waals surface area contributed by atoms with E-state index in [0.29, 0.717) is 18.0 Å². The van der Waals surface area contributed by atoms with Gasteiger partial charge in [-0.05, 0) is 29.2 Å². The molecule has 2 aromatic carbocycles. The zero-order valence-electron chi connectivity index (χ0n) is 12.0. The Hall–Kier alpha value is -2.13. The maximum Gasteiger partial charge on any atom is 0.231 e. The number of rotatable bonds is 5. The van der Waals surface area contributed by atoms with Crippen LogP contribution in [0.15, 0.2) is 48.5 Å². The summed E-state index contributed by atoms with van der Waals surface area (Å²) in [7, 11) is 0. The molecule has 1 unspecified atom stereocenters. The Morgan fingerprint density at radius 2 is 1.95 bits per heavy atom. The molecule has 3 rings (SSSR count). The molecule has 0 heterocycles. The van der Waals surface area contributed by atoms with E-state index in [0.717, 1.165) is 23.0 Å². The van der Waals surface area contributed by atoms with Crippen LogP contribution in [0.2, 0.25) is 5.02 Å². The minimum Gasteiger partial charge on any atom is -0.331 e. The highest BCUT2D eigenvalue weighted by molar-refractivity contribution is 6.31. The van der Waals surface area contributed by atoms with E-state index in [9.17, 15) is 9.59 Å². The standard InChI is InChI=1S/C18H16ClNO2/c19-17-8-4-7-14-15(17)11-16(14)18(22)20(9-10-21)12-13-5-2-1-3-6-13/h1-8,10,16H,9,11-12H2. The van der Waals surface area contributed by atoms with Gasteiger partial charge in [0.1, 0.15) is 6.29 Å². The van der Waals surface area contributed by atoms with Gasteiger partial charge in [0.05, 0.1) is 12.5 Å². The van der Waals surface area contributed by atoms with Gasteiger partial charge in [-0.25, -0.2) is 0 Å². The number of benzene rings is 2. The predicted octanol–water partition coefficient (Wildman–Crippen LogP) is 3.21. The molecule has 4 heteroatoms. The molecule has 0 spiro atoms. The number of halogens is 1. The number of fused-ring (bicyclic) bond motifs is 1. The third kappa shape index (κ3) is 2.77. The van der Waals surface area contributed by atoms with Gasteiger partial charge in [-0.1, -0.05) is 54.1 Å². The van der Waals surface area contributed by atoms with Crippen molar-refractivity contribution >= 4 is 23.8 Å². The number of hydrogen-bond acceptors (Lipinski definition) is 2. The summed E-state index contributed by atoms with van der Waals surface area (Å²) in [5.41, 5.74) is 3.05. The Balaban J connectivity index is 1.78. The number of aldehydes is 1. The largest absolute Gasteiger partial charge is 0.331 e. The molecule has 112 valence electrons. The summed E-state index contributed by atoms with van der Waals surface area (Å²) in [5.74, 6) is -0.192. The molecule has 3 nitrogen and oxygen atoms in total. The lowest BCUT2D eigenvalue weighted by Gasteiger charge is -2.34. The van der Waals surface area contributed by atoms with Gasteiger partial charge in [-0.3, -0.25) is 4.79 Å². The quantitative estimate of drug-likeness (QED) is 0.795. The molecule has 0 aromatic heterocycles. The van der Waals surface area contributed by atoms with Gasteiger partial charge in [-0.2, -0.15) is 0 Å². The third-order valence-corrected chi connectivity index (χ3v) is 4.41. The Labute approximate surface area is 134 Å². The van der Waals surface area contributed by atoms with Gasteiger partial charge in [-0.15, -0.1) is 0 Å². The highest BCUT2D eigenvalue weighted by atomic mass is 35.5. The fourth-order valence-corrected chi connectivity index (χ4v) is 3.13. The van der Waals surface area contributed by atoms with Crippen LogP contribution in [0, 0.1) is 0 Å². The lowest BCUT2D eigenvalue weighted by atomic mass is 9.76. The average molecular weight is 314 g/mol. The zero-order chi connectivity index (χ0) is 15.5. The van der Waals surface area contributed by atoms with E-state index in [1.54, 1.807) is 4.90 Å². The van der Waals surface area contributed by atoms with Crippen molar-refractivity contribution in [2.45, 2.75) is 18.9 Å². The van der Waals surface area contributed by atoms with Crippen LogP contribution in [0.5, 0.6) is 0 Å². The molecule has 0 aliphatic heterocycles. The molecule has 1 amide bonds. The zero-order valence-corrected chi connectivity index (χ0v) is 12.8. The van der Waals surface area contributed by atoms with Crippen LogP contribution in [0.4, 0.5) is 0 Å². The Morgan fingerprint density at radius 1 is 1.18 bits per heavy atom. The first kappa shape index (κ1) is 14.8. The van der Waals surface area contributed by atoms with Crippen LogP contribution in [0.3, 0.4) is 0 Å². The molecule has 22 heavy (non-hydrogen) atoms. The van der Waals surface area contributed by atoms with Gasteiger partial charge >= 0.3 is 0 Å². The van der Waals surface area contributed by atoms with E-state index in [-0.39, 0.29) is 18.4 Å². The number of hydrogen-bond donors (Lipinski definition) is 0. The molecule has 0 fully saturated rings. The first-order chi connectivity index (χ1) is 10.7. The summed E-state index contributed by atoms with van der Waals surface area (Å²) in [6.45, 7) is 0.560. The third-order valence-electron chi connectivity index (χ3n) is 4.06. The summed E-state index contributed by atoms with van der Waals surface area (Å²) in [5, 5.41) is 0.714. The van der Waals surface area contributed by atoms with Crippen molar-refractivity contribution in [1.82, 2.24) is 4.90 Å². The molecule has 1 aliphatic carbocycles. The normalized spacial score (nSPS) is 15.6. The Morgan fingerprint density at radius 3 is 2.68 bits per heavy atom.